The first-order chi connectivity index (χ1) is 20.8. The molecule has 0 bridgehead atoms. The third-order valence-corrected chi connectivity index (χ3v) is 7.90. The first kappa shape index (κ1) is 29.8. The molecular formula is C32H31BrFN5O4. The topological polar surface area (TPSA) is 105 Å². The second-order valence-electron chi connectivity index (χ2n) is 9.91. The summed E-state index contributed by atoms with van der Waals surface area (Å²) in [4.78, 5) is 32.6. The van der Waals surface area contributed by atoms with Crippen LogP contribution >= 0.6 is 15.9 Å². The van der Waals surface area contributed by atoms with E-state index in [4.69, 9.17) is 9.47 Å². The summed E-state index contributed by atoms with van der Waals surface area (Å²) in [6, 6.07) is 18.5. The van der Waals surface area contributed by atoms with E-state index in [-0.39, 0.29) is 18.1 Å². The fourth-order valence-corrected chi connectivity index (χ4v) is 5.58. The maximum absolute atomic E-state index is 14.9. The first-order valence-corrected chi connectivity index (χ1v) is 14.5. The molecule has 0 saturated heterocycles. The minimum atomic E-state index is -0.637. The SMILES string of the molecule is CCC1C(=O)N(c2cc(NC(=O)Nc3ccccc3)c(F)cc2Br)Cc2cnc(NCc3ccc(OC)cc3OC)cc21. The number of nitrogens with zero attached hydrogens (tertiary/aromatic N) is 2. The van der Waals surface area contributed by atoms with Gasteiger partial charge in [-0.3, -0.25) is 4.79 Å². The van der Waals surface area contributed by atoms with Gasteiger partial charge in [-0.2, -0.15) is 0 Å². The summed E-state index contributed by atoms with van der Waals surface area (Å²) in [5, 5.41) is 8.56. The van der Waals surface area contributed by atoms with E-state index in [1.807, 2.05) is 37.3 Å². The number of aromatic nitrogens is 1. The van der Waals surface area contributed by atoms with E-state index in [2.05, 4.69) is 36.9 Å². The lowest BCUT2D eigenvalue weighted by molar-refractivity contribution is -0.120. The van der Waals surface area contributed by atoms with Crippen molar-refractivity contribution in [3.63, 3.8) is 0 Å². The molecule has 222 valence electrons. The number of urea groups is 1. The quantitative estimate of drug-likeness (QED) is 0.176. The van der Waals surface area contributed by atoms with Crippen LogP contribution in [0.4, 0.5) is 32.1 Å². The molecule has 0 saturated carbocycles. The van der Waals surface area contributed by atoms with Crippen LogP contribution < -0.4 is 30.3 Å². The fraction of sp³-hybridized carbons (Fsp3) is 0.219. The summed E-state index contributed by atoms with van der Waals surface area (Å²) in [5.41, 5.74) is 3.66. The number of benzene rings is 3. The van der Waals surface area contributed by atoms with Crippen LogP contribution in [0.2, 0.25) is 0 Å². The number of halogens is 2. The van der Waals surface area contributed by atoms with Crippen molar-refractivity contribution in [3.05, 3.63) is 99.9 Å². The van der Waals surface area contributed by atoms with E-state index in [0.717, 1.165) is 16.7 Å². The van der Waals surface area contributed by atoms with Gasteiger partial charge in [-0.1, -0.05) is 25.1 Å². The molecule has 0 spiro atoms. The highest BCUT2D eigenvalue weighted by Crippen LogP contribution is 2.40. The highest BCUT2D eigenvalue weighted by atomic mass is 79.9. The van der Waals surface area contributed by atoms with Crippen LogP contribution in [0, 0.1) is 5.82 Å². The van der Waals surface area contributed by atoms with E-state index < -0.39 is 17.8 Å². The number of para-hydroxylation sites is 1. The molecule has 9 nitrogen and oxygen atoms in total. The summed E-state index contributed by atoms with van der Waals surface area (Å²) in [6.07, 6.45) is 2.32. The molecule has 43 heavy (non-hydrogen) atoms. The number of hydrogen-bond donors (Lipinski definition) is 3. The summed E-state index contributed by atoms with van der Waals surface area (Å²) in [5.74, 6) is 0.830. The number of anilines is 4. The Morgan fingerprint density at radius 1 is 1.07 bits per heavy atom. The molecule has 1 aliphatic heterocycles. The van der Waals surface area contributed by atoms with E-state index in [1.165, 1.54) is 12.1 Å². The molecular weight excluding hydrogens is 617 g/mol. The molecule has 1 atom stereocenters. The molecule has 2 heterocycles. The lowest BCUT2D eigenvalue weighted by atomic mass is 9.88. The van der Waals surface area contributed by atoms with E-state index >= 15 is 0 Å². The van der Waals surface area contributed by atoms with Gasteiger partial charge in [0, 0.05) is 34.5 Å². The fourth-order valence-electron chi connectivity index (χ4n) is 5.05. The molecule has 0 aliphatic carbocycles. The zero-order valence-electron chi connectivity index (χ0n) is 23.9. The molecule has 1 unspecified atom stereocenters. The smallest absolute Gasteiger partial charge is 0.323 e. The minimum Gasteiger partial charge on any atom is -0.497 e. The number of carbonyl (C=O) groups is 2. The summed E-state index contributed by atoms with van der Waals surface area (Å²) in [7, 11) is 3.21. The number of pyridine rings is 1. The van der Waals surface area contributed by atoms with Crippen LogP contribution in [0.15, 0.2) is 77.4 Å². The van der Waals surface area contributed by atoms with Crippen LogP contribution in [-0.2, 0) is 17.9 Å². The number of amides is 3. The van der Waals surface area contributed by atoms with Gasteiger partial charge >= 0.3 is 6.03 Å². The Morgan fingerprint density at radius 3 is 2.58 bits per heavy atom. The number of methoxy groups -OCH3 is 2. The van der Waals surface area contributed by atoms with Gasteiger partial charge in [0.05, 0.1) is 38.1 Å². The van der Waals surface area contributed by atoms with E-state index in [9.17, 15) is 14.0 Å². The number of hydrogen-bond acceptors (Lipinski definition) is 6. The lowest BCUT2D eigenvalue weighted by Gasteiger charge is -2.34. The Balaban J connectivity index is 1.36. The van der Waals surface area contributed by atoms with Crippen molar-refractivity contribution in [2.75, 3.05) is 35.1 Å². The van der Waals surface area contributed by atoms with Gasteiger partial charge in [-0.05, 0) is 75.9 Å². The average Bonchev–Trinajstić information content (AvgIpc) is 3.01. The maximum Gasteiger partial charge on any atom is 0.323 e. The Bertz CT molecular complexity index is 1650. The monoisotopic (exact) mass is 647 g/mol. The van der Waals surface area contributed by atoms with Gasteiger partial charge in [0.1, 0.15) is 23.1 Å². The minimum absolute atomic E-state index is 0.0510. The van der Waals surface area contributed by atoms with Gasteiger partial charge in [-0.25, -0.2) is 14.2 Å². The molecule has 1 aliphatic rings. The van der Waals surface area contributed by atoms with Gasteiger partial charge in [0.2, 0.25) is 5.91 Å². The molecule has 0 fully saturated rings. The molecule has 5 rings (SSSR count). The normalized spacial score (nSPS) is 14.1. The Labute approximate surface area is 257 Å². The van der Waals surface area contributed by atoms with Crippen molar-refractivity contribution in [3.8, 4) is 11.5 Å². The van der Waals surface area contributed by atoms with Crippen molar-refractivity contribution in [1.82, 2.24) is 4.98 Å². The Morgan fingerprint density at radius 2 is 1.86 bits per heavy atom. The van der Waals surface area contributed by atoms with Gasteiger partial charge in [0.25, 0.3) is 0 Å². The summed E-state index contributed by atoms with van der Waals surface area (Å²) in [6.45, 7) is 2.66. The molecule has 3 amide bonds. The summed E-state index contributed by atoms with van der Waals surface area (Å²) >= 11 is 3.42. The molecule has 3 aromatic carbocycles. The Hall–Kier alpha value is -4.64. The zero-order valence-corrected chi connectivity index (χ0v) is 25.5. The van der Waals surface area contributed by atoms with Crippen LogP contribution in [-0.4, -0.2) is 31.1 Å². The largest absolute Gasteiger partial charge is 0.497 e. The third kappa shape index (κ3) is 6.56. The van der Waals surface area contributed by atoms with Gasteiger partial charge < -0.3 is 30.3 Å². The predicted octanol–water partition coefficient (Wildman–Crippen LogP) is 7.30. The van der Waals surface area contributed by atoms with Crippen molar-refractivity contribution in [1.29, 1.82) is 0 Å². The van der Waals surface area contributed by atoms with E-state index in [0.29, 0.717) is 46.1 Å². The standard InChI is InChI=1S/C32H31BrFN5O4/c1-4-23-24-13-30(35-16-19-10-11-22(42-2)12-29(19)43-3)36-17-20(24)18-39(31(23)40)28-15-27(26(34)14-25(28)33)38-32(41)37-21-8-6-5-7-9-21/h5-15,17,23H,4,16,18H2,1-3H3,(H,35,36)(H2,37,38,41). The van der Waals surface area contributed by atoms with Crippen molar-refractivity contribution in [2.24, 2.45) is 0 Å². The van der Waals surface area contributed by atoms with Crippen molar-refractivity contribution >= 4 is 50.7 Å². The van der Waals surface area contributed by atoms with Gasteiger partial charge in [0.15, 0.2) is 0 Å². The number of carbonyl (C=O) groups excluding carboxylic acids is 2. The predicted molar refractivity (Wildman–Crippen MR) is 169 cm³/mol. The maximum atomic E-state index is 14.9. The second kappa shape index (κ2) is 13.1. The number of ether oxygens (including phenoxy) is 2. The Kier molecular flexibility index (Phi) is 9.10. The number of nitrogens with one attached hydrogen (secondary N) is 3. The number of fused-ring (bicyclic) bond motifs is 1. The van der Waals surface area contributed by atoms with Gasteiger partial charge in [-0.15, -0.1) is 0 Å². The van der Waals surface area contributed by atoms with Crippen LogP contribution in [0.1, 0.15) is 36.0 Å². The molecule has 3 N–H and O–H groups in total. The second-order valence-corrected chi connectivity index (χ2v) is 10.8. The lowest BCUT2D eigenvalue weighted by Crippen LogP contribution is -2.39. The first-order valence-electron chi connectivity index (χ1n) is 13.7. The molecule has 1 aromatic heterocycles. The molecule has 4 aromatic rings. The van der Waals surface area contributed by atoms with Crippen LogP contribution in [0.3, 0.4) is 0 Å². The third-order valence-electron chi connectivity index (χ3n) is 7.26. The van der Waals surface area contributed by atoms with Crippen molar-refractivity contribution in [2.45, 2.75) is 32.4 Å². The van der Waals surface area contributed by atoms with Crippen LogP contribution in [0.5, 0.6) is 11.5 Å². The molecule has 11 heteroatoms. The number of rotatable bonds is 9. The van der Waals surface area contributed by atoms with Crippen molar-refractivity contribution < 1.29 is 23.5 Å². The van der Waals surface area contributed by atoms with Crippen LogP contribution in [0.25, 0.3) is 0 Å². The highest BCUT2D eigenvalue weighted by molar-refractivity contribution is 9.10. The summed E-state index contributed by atoms with van der Waals surface area (Å²) < 4.78 is 26.1. The highest BCUT2D eigenvalue weighted by Gasteiger charge is 2.34. The average molecular weight is 649 g/mol. The van der Waals surface area contributed by atoms with E-state index in [1.54, 1.807) is 49.6 Å². The molecule has 0 radical (unpaired) electrons. The zero-order chi connectivity index (χ0) is 30.5.